The zero-order valence-electron chi connectivity index (χ0n) is 16.3. The second kappa shape index (κ2) is 11.0. The molecular formula is C23H28N4O. The number of hydrogen-bond donors (Lipinski definition) is 1. The molecule has 0 bridgehead atoms. The van der Waals surface area contributed by atoms with E-state index in [-0.39, 0.29) is 5.91 Å². The average molecular weight is 377 g/mol. The molecule has 2 aromatic carbocycles. The van der Waals surface area contributed by atoms with Gasteiger partial charge in [-0.2, -0.15) is 0 Å². The molecule has 3 rings (SSSR count). The number of nitrogens with one attached hydrogen (secondary N) is 1. The molecule has 0 saturated carbocycles. The van der Waals surface area contributed by atoms with E-state index in [0.29, 0.717) is 13.0 Å². The summed E-state index contributed by atoms with van der Waals surface area (Å²) in [6, 6.07) is 20.7. The van der Waals surface area contributed by atoms with Crippen molar-refractivity contribution in [3.8, 4) is 0 Å². The fraction of sp³-hybridized carbons (Fsp3) is 0.348. The van der Waals surface area contributed by atoms with Crippen LogP contribution in [0, 0.1) is 0 Å². The van der Waals surface area contributed by atoms with E-state index in [9.17, 15) is 4.79 Å². The summed E-state index contributed by atoms with van der Waals surface area (Å²) in [7, 11) is 0. The smallest absolute Gasteiger partial charge is 0.220 e. The Kier molecular flexibility index (Phi) is 7.79. The topological polar surface area (TPSA) is 59.8 Å². The molecule has 0 unspecified atom stereocenters. The maximum Gasteiger partial charge on any atom is 0.220 e. The highest BCUT2D eigenvalue weighted by atomic mass is 16.1. The summed E-state index contributed by atoms with van der Waals surface area (Å²) in [5.41, 5.74) is 2.56. The number of aryl methyl sites for hydroxylation is 3. The highest BCUT2D eigenvalue weighted by Crippen LogP contribution is 2.07. The van der Waals surface area contributed by atoms with Gasteiger partial charge in [-0.1, -0.05) is 60.7 Å². The molecule has 0 fully saturated rings. The minimum Gasteiger partial charge on any atom is -0.356 e. The van der Waals surface area contributed by atoms with Crippen LogP contribution in [0.25, 0.3) is 0 Å². The van der Waals surface area contributed by atoms with Gasteiger partial charge >= 0.3 is 0 Å². The molecule has 1 N–H and O–H groups in total. The minimum absolute atomic E-state index is 0.126. The third kappa shape index (κ3) is 6.65. The lowest BCUT2D eigenvalue weighted by Gasteiger charge is -2.07. The molecule has 0 atom stereocenters. The van der Waals surface area contributed by atoms with Crippen LogP contribution in [0.2, 0.25) is 0 Å². The summed E-state index contributed by atoms with van der Waals surface area (Å²) in [6.07, 6.45) is 6.86. The maximum atomic E-state index is 12.0. The van der Waals surface area contributed by atoms with E-state index >= 15 is 0 Å². The number of carbonyl (C=O) groups excluding carboxylic acids is 1. The molecule has 3 aromatic rings. The van der Waals surface area contributed by atoms with E-state index in [1.165, 1.54) is 11.1 Å². The van der Waals surface area contributed by atoms with Crippen molar-refractivity contribution in [1.82, 2.24) is 20.1 Å². The fourth-order valence-electron chi connectivity index (χ4n) is 3.20. The summed E-state index contributed by atoms with van der Waals surface area (Å²) < 4.78 is 2.12. The molecule has 0 aliphatic carbocycles. The average Bonchev–Trinajstić information content (AvgIpc) is 3.18. The highest BCUT2D eigenvalue weighted by molar-refractivity contribution is 5.75. The summed E-state index contributed by atoms with van der Waals surface area (Å²) in [4.78, 5) is 12.0. The lowest BCUT2D eigenvalue weighted by atomic mass is 10.1. The Labute approximate surface area is 166 Å². The van der Waals surface area contributed by atoms with E-state index in [4.69, 9.17) is 0 Å². The van der Waals surface area contributed by atoms with Gasteiger partial charge in [-0.15, -0.1) is 10.2 Å². The minimum atomic E-state index is 0.126. The molecule has 5 nitrogen and oxygen atoms in total. The van der Waals surface area contributed by atoms with Crippen LogP contribution in [0.15, 0.2) is 67.0 Å². The Bertz CT molecular complexity index is 830. The van der Waals surface area contributed by atoms with Gasteiger partial charge in [0, 0.05) is 25.9 Å². The second-order valence-electron chi connectivity index (χ2n) is 6.97. The number of unbranched alkanes of at least 4 members (excludes halogenated alkanes) is 1. The summed E-state index contributed by atoms with van der Waals surface area (Å²) in [6.45, 7) is 1.57. The van der Waals surface area contributed by atoms with Crippen molar-refractivity contribution in [1.29, 1.82) is 0 Å². The van der Waals surface area contributed by atoms with Gasteiger partial charge in [0.05, 0.1) is 0 Å². The van der Waals surface area contributed by atoms with E-state index in [2.05, 4.69) is 56.5 Å². The van der Waals surface area contributed by atoms with Gasteiger partial charge in [-0.25, -0.2) is 0 Å². The fourth-order valence-corrected chi connectivity index (χ4v) is 3.20. The quantitative estimate of drug-likeness (QED) is 0.520. The molecule has 28 heavy (non-hydrogen) atoms. The molecular weight excluding hydrogens is 348 g/mol. The van der Waals surface area contributed by atoms with Gasteiger partial charge in [0.2, 0.25) is 5.91 Å². The zero-order chi connectivity index (χ0) is 19.4. The van der Waals surface area contributed by atoms with Gasteiger partial charge < -0.3 is 9.88 Å². The third-order valence-electron chi connectivity index (χ3n) is 4.81. The van der Waals surface area contributed by atoms with Crippen molar-refractivity contribution >= 4 is 5.91 Å². The van der Waals surface area contributed by atoms with E-state index in [1.54, 1.807) is 6.33 Å². The van der Waals surface area contributed by atoms with Gasteiger partial charge in [-0.05, 0) is 36.8 Å². The summed E-state index contributed by atoms with van der Waals surface area (Å²) in [5.74, 6) is 1.13. The molecule has 5 heteroatoms. The van der Waals surface area contributed by atoms with Crippen molar-refractivity contribution in [3.63, 3.8) is 0 Å². The van der Waals surface area contributed by atoms with E-state index in [1.807, 2.05) is 24.3 Å². The first kappa shape index (κ1) is 19.8. The van der Waals surface area contributed by atoms with Crippen LogP contribution in [-0.2, 0) is 30.6 Å². The van der Waals surface area contributed by atoms with Crippen LogP contribution in [0.5, 0.6) is 0 Å². The Balaban J connectivity index is 1.31. The number of amides is 1. The van der Waals surface area contributed by atoms with Gasteiger partial charge in [0.15, 0.2) is 0 Å². The molecule has 1 aromatic heterocycles. The van der Waals surface area contributed by atoms with Crippen molar-refractivity contribution < 1.29 is 4.79 Å². The molecule has 0 aliphatic rings. The Morgan fingerprint density at radius 2 is 1.54 bits per heavy atom. The van der Waals surface area contributed by atoms with Crippen LogP contribution in [-0.4, -0.2) is 27.2 Å². The SMILES string of the molecule is O=C(CCCCc1nncn1CCc1ccccc1)NCCc1ccccc1. The van der Waals surface area contributed by atoms with Crippen LogP contribution in [0.4, 0.5) is 0 Å². The molecule has 0 radical (unpaired) electrons. The van der Waals surface area contributed by atoms with Crippen LogP contribution >= 0.6 is 0 Å². The first-order valence-electron chi connectivity index (χ1n) is 10.0. The maximum absolute atomic E-state index is 12.0. The van der Waals surface area contributed by atoms with Crippen molar-refractivity contribution in [2.75, 3.05) is 6.54 Å². The molecule has 1 heterocycles. The Morgan fingerprint density at radius 3 is 2.25 bits per heavy atom. The lowest BCUT2D eigenvalue weighted by Crippen LogP contribution is -2.25. The van der Waals surface area contributed by atoms with Crippen LogP contribution < -0.4 is 5.32 Å². The number of aromatic nitrogens is 3. The molecule has 0 spiro atoms. The molecule has 0 saturated heterocycles. The number of rotatable bonds is 11. The van der Waals surface area contributed by atoms with E-state index in [0.717, 1.165) is 44.5 Å². The van der Waals surface area contributed by atoms with E-state index < -0.39 is 0 Å². The number of benzene rings is 2. The Morgan fingerprint density at radius 1 is 0.857 bits per heavy atom. The normalized spacial score (nSPS) is 10.7. The number of nitrogens with zero attached hydrogens (tertiary/aromatic N) is 3. The van der Waals surface area contributed by atoms with Crippen molar-refractivity contribution in [2.24, 2.45) is 0 Å². The van der Waals surface area contributed by atoms with Crippen molar-refractivity contribution in [2.45, 2.75) is 45.1 Å². The van der Waals surface area contributed by atoms with Gasteiger partial charge in [0.1, 0.15) is 12.2 Å². The predicted molar refractivity (Wildman–Crippen MR) is 111 cm³/mol. The van der Waals surface area contributed by atoms with Crippen LogP contribution in [0.3, 0.4) is 0 Å². The standard InChI is InChI=1S/C23H28N4O/c28-23(24-17-15-20-9-3-1-4-10-20)14-8-7-13-22-26-25-19-27(22)18-16-21-11-5-2-6-12-21/h1-6,9-12,19H,7-8,13-18H2,(H,24,28). The van der Waals surface area contributed by atoms with Gasteiger partial charge in [0.25, 0.3) is 0 Å². The first-order chi connectivity index (χ1) is 13.8. The van der Waals surface area contributed by atoms with Crippen LogP contribution in [0.1, 0.15) is 36.2 Å². The predicted octanol–water partition coefficient (Wildman–Crippen LogP) is 3.59. The zero-order valence-corrected chi connectivity index (χ0v) is 16.3. The molecule has 146 valence electrons. The second-order valence-corrected chi connectivity index (χ2v) is 6.97. The highest BCUT2D eigenvalue weighted by Gasteiger charge is 2.06. The summed E-state index contributed by atoms with van der Waals surface area (Å²) in [5, 5.41) is 11.3. The van der Waals surface area contributed by atoms with Crippen molar-refractivity contribution in [3.05, 3.63) is 83.9 Å². The summed E-state index contributed by atoms with van der Waals surface area (Å²) >= 11 is 0. The molecule has 1 amide bonds. The monoisotopic (exact) mass is 376 g/mol. The largest absolute Gasteiger partial charge is 0.356 e. The molecule has 0 aliphatic heterocycles. The first-order valence-corrected chi connectivity index (χ1v) is 10.0. The third-order valence-corrected chi connectivity index (χ3v) is 4.81. The number of hydrogen-bond acceptors (Lipinski definition) is 3. The lowest BCUT2D eigenvalue weighted by molar-refractivity contribution is -0.121. The Hall–Kier alpha value is -2.95. The van der Waals surface area contributed by atoms with Gasteiger partial charge in [-0.3, -0.25) is 4.79 Å². The number of carbonyl (C=O) groups is 1.